The molecule has 0 fully saturated rings. The summed E-state index contributed by atoms with van der Waals surface area (Å²) < 4.78 is 6.73. The molecule has 3 aromatic rings. The number of aromatic nitrogens is 2. The number of carbonyl (C=O) groups is 1. The molecule has 0 saturated carbocycles. The van der Waals surface area contributed by atoms with Crippen molar-refractivity contribution in [3.63, 3.8) is 0 Å². The van der Waals surface area contributed by atoms with Gasteiger partial charge >= 0.3 is 0 Å². The molecular weight excluding hydrogens is 380 g/mol. The van der Waals surface area contributed by atoms with Crippen molar-refractivity contribution >= 4 is 16.8 Å². The first-order valence-corrected chi connectivity index (χ1v) is 9.89. The highest BCUT2D eigenvalue weighted by molar-refractivity contribution is 5.94. The molecule has 3 rings (SSSR count). The van der Waals surface area contributed by atoms with Crippen molar-refractivity contribution in [3.05, 3.63) is 70.3 Å². The molecule has 7 nitrogen and oxygen atoms in total. The van der Waals surface area contributed by atoms with Crippen LogP contribution in [-0.4, -0.2) is 59.6 Å². The maximum absolute atomic E-state index is 13.4. The van der Waals surface area contributed by atoms with E-state index in [0.29, 0.717) is 41.1 Å². The third-order valence-corrected chi connectivity index (χ3v) is 5.24. The van der Waals surface area contributed by atoms with Gasteiger partial charge in [-0.05, 0) is 57.4 Å². The average molecular weight is 409 g/mol. The summed E-state index contributed by atoms with van der Waals surface area (Å²) in [6, 6.07) is 13.9. The molecule has 1 atom stereocenters. The van der Waals surface area contributed by atoms with Gasteiger partial charge in [0, 0.05) is 25.7 Å². The molecule has 1 unspecified atom stereocenters. The van der Waals surface area contributed by atoms with Crippen molar-refractivity contribution in [2.45, 2.75) is 13.0 Å². The number of methoxy groups -OCH3 is 1. The fourth-order valence-electron chi connectivity index (χ4n) is 3.43. The topological polar surface area (TPSA) is 67.7 Å². The van der Waals surface area contributed by atoms with Crippen LogP contribution >= 0.6 is 0 Å². The van der Waals surface area contributed by atoms with Gasteiger partial charge in [0.15, 0.2) is 0 Å². The van der Waals surface area contributed by atoms with Crippen molar-refractivity contribution < 1.29 is 9.53 Å². The Kier molecular flexibility index (Phi) is 6.52. The van der Waals surface area contributed by atoms with E-state index >= 15 is 0 Å². The first-order valence-electron chi connectivity index (χ1n) is 9.89. The number of fused-ring (bicyclic) bond motifs is 1. The fraction of sp³-hybridized carbons (Fsp3) is 0.348. The zero-order chi connectivity index (χ0) is 21.8. The van der Waals surface area contributed by atoms with Gasteiger partial charge in [-0.15, -0.1) is 0 Å². The summed E-state index contributed by atoms with van der Waals surface area (Å²) in [6.45, 7) is 3.10. The highest BCUT2D eigenvalue weighted by Gasteiger charge is 2.26. The Morgan fingerprint density at radius 2 is 1.77 bits per heavy atom. The first-order chi connectivity index (χ1) is 14.3. The molecule has 2 aromatic carbocycles. The van der Waals surface area contributed by atoms with Crippen LogP contribution in [0.3, 0.4) is 0 Å². The van der Waals surface area contributed by atoms with E-state index in [-0.39, 0.29) is 17.5 Å². The minimum Gasteiger partial charge on any atom is -0.497 e. The Labute approximate surface area is 176 Å². The molecule has 0 saturated heterocycles. The predicted molar refractivity (Wildman–Crippen MR) is 118 cm³/mol. The summed E-state index contributed by atoms with van der Waals surface area (Å²) in [6.07, 6.45) is 0. The van der Waals surface area contributed by atoms with Gasteiger partial charge in [-0.1, -0.05) is 12.1 Å². The molecule has 158 valence electrons. The standard InChI is InChI=1S/C23H28N4O3/c1-16(21-24-20-9-7-6-8-19(20)23(29)26(21)4)27(15-14-25(2)3)22(28)17-10-12-18(30-5)13-11-17/h6-13,16H,14-15H2,1-5H3. The Morgan fingerprint density at radius 1 is 1.10 bits per heavy atom. The van der Waals surface area contributed by atoms with Gasteiger partial charge in [-0.2, -0.15) is 0 Å². The van der Waals surface area contributed by atoms with E-state index in [0.717, 1.165) is 0 Å². The number of para-hydroxylation sites is 1. The quantitative estimate of drug-likeness (QED) is 0.601. The maximum Gasteiger partial charge on any atom is 0.261 e. The van der Waals surface area contributed by atoms with E-state index in [1.807, 2.05) is 44.1 Å². The van der Waals surface area contributed by atoms with E-state index in [4.69, 9.17) is 9.72 Å². The van der Waals surface area contributed by atoms with Gasteiger partial charge in [0.2, 0.25) is 0 Å². The maximum atomic E-state index is 13.4. The summed E-state index contributed by atoms with van der Waals surface area (Å²) in [7, 11) is 7.22. The number of rotatable bonds is 7. The van der Waals surface area contributed by atoms with Crippen molar-refractivity contribution in [2.24, 2.45) is 7.05 Å². The largest absolute Gasteiger partial charge is 0.497 e. The van der Waals surface area contributed by atoms with Gasteiger partial charge in [0.25, 0.3) is 11.5 Å². The SMILES string of the molecule is COc1ccc(C(=O)N(CCN(C)C)C(C)c2nc3ccccc3c(=O)n2C)cc1. The first kappa shape index (κ1) is 21.5. The minimum absolute atomic E-state index is 0.116. The van der Waals surface area contributed by atoms with E-state index in [1.54, 1.807) is 49.4 Å². The zero-order valence-corrected chi connectivity index (χ0v) is 18.1. The molecule has 0 radical (unpaired) electrons. The van der Waals surface area contributed by atoms with Gasteiger partial charge in [-0.3, -0.25) is 14.2 Å². The highest BCUT2D eigenvalue weighted by Crippen LogP contribution is 2.22. The van der Waals surface area contributed by atoms with Crippen molar-refractivity contribution in [1.29, 1.82) is 0 Å². The van der Waals surface area contributed by atoms with Crippen molar-refractivity contribution in [3.8, 4) is 5.75 Å². The zero-order valence-electron chi connectivity index (χ0n) is 18.1. The van der Waals surface area contributed by atoms with E-state index < -0.39 is 0 Å². The molecule has 0 N–H and O–H groups in total. The lowest BCUT2D eigenvalue weighted by atomic mass is 10.1. The van der Waals surface area contributed by atoms with Crippen LogP contribution in [-0.2, 0) is 7.05 Å². The van der Waals surface area contributed by atoms with Crippen LogP contribution in [0.25, 0.3) is 10.9 Å². The lowest BCUT2D eigenvalue weighted by Gasteiger charge is -2.31. The van der Waals surface area contributed by atoms with Crippen LogP contribution in [0.15, 0.2) is 53.3 Å². The van der Waals surface area contributed by atoms with E-state index in [2.05, 4.69) is 0 Å². The normalized spacial score (nSPS) is 12.2. The number of likely N-dealkylation sites (N-methyl/N-ethyl adjacent to an activating group) is 1. The van der Waals surface area contributed by atoms with Crippen LogP contribution in [0.2, 0.25) is 0 Å². The molecule has 0 aliphatic carbocycles. The smallest absolute Gasteiger partial charge is 0.261 e. The molecule has 7 heteroatoms. The fourth-order valence-corrected chi connectivity index (χ4v) is 3.43. The molecular formula is C23H28N4O3. The minimum atomic E-state index is -0.387. The van der Waals surface area contributed by atoms with Gasteiger partial charge in [0.1, 0.15) is 11.6 Å². The molecule has 30 heavy (non-hydrogen) atoms. The summed E-state index contributed by atoms with van der Waals surface area (Å²) in [4.78, 5) is 34.7. The van der Waals surface area contributed by atoms with Gasteiger partial charge in [-0.25, -0.2) is 4.98 Å². The Morgan fingerprint density at radius 3 is 2.40 bits per heavy atom. The Balaban J connectivity index is 2.02. The predicted octanol–water partition coefficient (Wildman–Crippen LogP) is 2.71. The van der Waals surface area contributed by atoms with Gasteiger partial charge < -0.3 is 14.5 Å². The van der Waals surface area contributed by atoms with E-state index in [1.165, 1.54) is 4.57 Å². The summed E-state index contributed by atoms with van der Waals surface area (Å²) >= 11 is 0. The molecule has 0 spiro atoms. The van der Waals surface area contributed by atoms with Crippen LogP contribution in [0.1, 0.15) is 29.1 Å². The molecule has 0 bridgehead atoms. The summed E-state index contributed by atoms with van der Waals surface area (Å²) in [5.41, 5.74) is 1.08. The number of amides is 1. The monoisotopic (exact) mass is 408 g/mol. The molecule has 0 aliphatic rings. The van der Waals surface area contributed by atoms with Gasteiger partial charge in [0.05, 0.1) is 24.1 Å². The molecule has 1 aromatic heterocycles. The van der Waals surface area contributed by atoms with E-state index in [9.17, 15) is 9.59 Å². The number of benzene rings is 2. The average Bonchev–Trinajstić information content (AvgIpc) is 2.76. The van der Waals surface area contributed by atoms with Crippen LogP contribution in [0.5, 0.6) is 5.75 Å². The van der Waals surface area contributed by atoms with Crippen molar-refractivity contribution in [2.75, 3.05) is 34.3 Å². The van der Waals surface area contributed by atoms with Crippen LogP contribution < -0.4 is 10.3 Å². The third kappa shape index (κ3) is 4.36. The lowest BCUT2D eigenvalue weighted by molar-refractivity contribution is 0.0666. The number of carbonyl (C=O) groups excluding carboxylic acids is 1. The second-order valence-electron chi connectivity index (χ2n) is 7.56. The number of ether oxygens (including phenoxy) is 1. The number of nitrogens with zero attached hydrogens (tertiary/aromatic N) is 4. The lowest BCUT2D eigenvalue weighted by Crippen LogP contribution is -2.40. The van der Waals surface area contributed by atoms with Crippen molar-refractivity contribution in [1.82, 2.24) is 19.4 Å². The Hall–Kier alpha value is -3.19. The molecule has 1 heterocycles. The second kappa shape index (κ2) is 9.09. The van der Waals surface area contributed by atoms with Crippen LogP contribution in [0, 0.1) is 0 Å². The highest BCUT2D eigenvalue weighted by atomic mass is 16.5. The number of hydrogen-bond acceptors (Lipinski definition) is 5. The second-order valence-corrected chi connectivity index (χ2v) is 7.56. The number of hydrogen-bond donors (Lipinski definition) is 0. The molecule has 1 amide bonds. The summed E-state index contributed by atoms with van der Waals surface area (Å²) in [5.74, 6) is 1.13. The third-order valence-electron chi connectivity index (χ3n) is 5.24. The van der Waals surface area contributed by atoms with Crippen LogP contribution in [0.4, 0.5) is 0 Å². The Bertz CT molecular complexity index is 1090. The molecule has 0 aliphatic heterocycles. The summed E-state index contributed by atoms with van der Waals surface area (Å²) in [5, 5.41) is 0.567.